The van der Waals surface area contributed by atoms with Gasteiger partial charge in [0.15, 0.2) is 11.5 Å². The molecule has 0 radical (unpaired) electrons. The summed E-state index contributed by atoms with van der Waals surface area (Å²) in [5.41, 5.74) is 0.924. The van der Waals surface area contributed by atoms with E-state index < -0.39 is 11.9 Å². The van der Waals surface area contributed by atoms with Crippen LogP contribution >= 0.6 is 0 Å². The largest absolute Gasteiger partial charge is 0.493 e. The van der Waals surface area contributed by atoms with E-state index >= 15 is 0 Å². The van der Waals surface area contributed by atoms with Crippen LogP contribution < -0.4 is 21.2 Å². The smallest absolute Gasteiger partial charge is 0.306 e. The fraction of sp³-hybridized carbons (Fsp3) is 0.417. The fourth-order valence-electron chi connectivity index (χ4n) is 1.45. The number of hydrazine groups is 1. The zero-order chi connectivity index (χ0) is 14.1. The van der Waals surface area contributed by atoms with Gasteiger partial charge in [-0.15, -0.1) is 0 Å². The molecule has 0 spiro atoms. The molecule has 0 heterocycles. The van der Waals surface area contributed by atoms with Crippen molar-refractivity contribution in [2.24, 2.45) is 17.6 Å². The van der Waals surface area contributed by atoms with E-state index in [1.54, 1.807) is 33.3 Å². The maximum absolute atomic E-state index is 10.7. The van der Waals surface area contributed by atoms with Crippen LogP contribution in [0.15, 0.2) is 18.2 Å². The van der Waals surface area contributed by atoms with Crippen LogP contribution in [0, 0.1) is 5.92 Å². The second-order valence-electron chi connectivity index (χ2n) is 3.63. The van der Waals surface area contributed by atoms with Crippen molar-refractivity contribution in [2.75, 3.05) is 14.2 Å². The summed E-state index contributed by atoms with van der Waals surface area (Å²) in [5, 5.41) is 8.81. The summed E-state index contributed by atoms with van der Waals surface area (Å²) in [6.07, 6.45) is 0.482. The van der Waals surface area contributed by atoms with Crippen LogP contribution in [-0.2, 0) is 11.2 Å². The van der Waals surface area contributed by atoms with Gasteiger partial charge in [0, 0.05) is 0 Å². The summed E-state index contributed by atoms with van der Waals surface area (Å²) < 4.78 is 10.2. The van der Waals surface area contributed by atoms with Crippen molar-refractivity contribution in [3.63, 3.8) is 0 Å². The number of methoxy groups -OCH3 is 2. The lowest BCUT2D eigenvalue weighted by Crippen LogP contribution is -2.12. The van der Waals surface area contributed by atoms with E-state index in [2.05, 4.69) is 11.7 Å². The number of ether oxygens (including phenoxy) is 2. The van der Waals surface area contributed by atoms with Crippen molar-refractivity contribution < 1.29 is 19.4 Å². The molecule has 1 aromatic carbocycles. The monoisotopic (exact) mass is 256 g/mol. The third kappa shape index (κ3) is 4.60. The molecule has 0 amide bonds. The van der Waals surface area contributed by atoms with Crippen LogP contribution in [0.25, 0.3) is 0 Å². The molecule has 0 saturated carbocycles. The fourth-order valence-corrected chi connectivity index (χ4v) is 1.45. The Morgan fingerprint density at radius 1 is 1.28 bits per heavy atom. The molecule has 1 atom stereocenters. The van der Waals surface area contributed by atoms with E-state index in [0.717, 1.165) is 5.56 Å². The highest BCUT2D eigenvalue weighted by Gasteiger charge is 2.13. The Labute approximate surface area is 106 Å². The molecule has 102 valence electrons. The van der Waals surface area contributed by atoms with Crippen molar-refractivity contribution in [1.82, 2.24) is 0 Å². The van der Waals surface area contributed by atoms with Gasteiger partial charge in [0.25, 0.3) is 0 Å². The second kappa shape index (κ2) is 8.32. The predicted octanol–water partition coefficient (Wildman–Crippen LogP) is 0.786. The first-order chi connectivity index (χ1) is 8.58. The Bertz CT molecular complexity index is 382. The van der Waals surface area contributed by atoms with Gasteiger partial charge < -0.3 is 14.6 Å². The Hall–Kier alpha value is -1.79. The van der Waals surface area contributed by atoms with Gasteiger partial charge in [0.2, 0.25) is 0 Å². The summed E-state index contributed by atoms with van der Waals surface area (Å²) in [6, 6.07) is 5.43. The van der Waals surface area contributed by atoms with Crippen LogP contribution in [0.4, 0.5) is 0 Å². The highest BCUT2D eigenvalue weighted by Crippen LogP contribution is 2.28. The molecule has 1 aromatic rings. The predicted molar refractivity (Wildman–Crippen MR) is 68.4 cm³/mol. The summed E-state index contributed by atoms with van der Waals surface area (Å²) in [5.74, 6) is 8.07. The molecular formula is C12H20N2O4. The van der Waals surface area contributed by atoms with Gasteiger partial charge in [-0.2, -0.15) is 0 Å². The summed E-state index contributed by atoms with van der Waals surface area (Å²) in [6.45, 7) is 1.68. The molecule has 0 aromatic heterocycles. The molecule has 1 unspecified atom stereocenters. The molecule has 0 fully saturated rings. The molecule has 0 saturated heterocycles. The first-order valence-electron chi connectivity index (χ1n) is 5.35. The van der Waals surface area contributed by atoms with Crippen molar-refractivity contribution in [3.8, 4) is 11.5 Å². The lowest BCUT2D eigenvalue weighted by molar-refractivity contribution is -0.141. The summed E-state index contributed by atoms with van der Waals surface area (Å²) in [4.78, 5) is 10.7. The van der Waals surface area contributed by atoms with Crippen LogP contribution in [0.3, 0.4) is 0 Å². The highest BCUT2D eigenvalue weighted by molar-refractivity contribution is 5.70. The molecule has 0 aliphatic carbocycles. The number of hydrogen-bond acceptors (Lipinski definition) is 5. The minimum absolute atomic E-state index is 0.405. The van der Waals surface area contributed by atoms with E-state index in [-0.39, 0.29) is 0 Å². The van der Waals surface area contributed by atoms with Crippen molar-refractivity contribution >= 4 is 5.97 Å². The normalized spacial score (nSPS) is 10.9. The number of aliphatic carboxylic acids is 1. The molecule has 0 aliphatic rings. The molecule has 0 aliphatic heterocycles. The van der Waals surface area contributed by atoms with Gasteiger partial charge in [0.05, 0.1) is 20.1 Å². The summed E-state index contributed by atoms with van der Waals surface area (Å²) >= 11 is 0. The molecular weight excluding hydrogens is 236 g/mol. The van der Waals surface area contributed by atoms with Gasteiger partial charge in [-0.1, -0.05) is 13.0 Å². The van der Waals surface area contributed by atoms with Gasteiger partial charge in [-0.3, -0.25) is 16.5 Å². The maximum atomic E-state index is 10.7. The first-order valence-corrected chi connectivity index (χ1v) is 5.35. The molecule has 0 bridgehead atoms. The van der Waals surface area contributed by atoms with Gasteiger partial charge in [-0.05, 0) is 24.1 Å². The average Bonchev–Trinajstić information content (AvgIpc) is 2.40. The van der Waals surface area contributed by atoms with E-state index in [1.807, 2.05) is 6.07 Å². The average molecular weight is 256 g/mol. The minimum atomic E-state index is -0.796. The Morgan fingerprint density at radius 3 is 2.28 bits per heavy atom. The van der Waals surface area contributed by atoms with Crippen LogP contribution in [0.5, 0.6) is 11.5 Å². The standard InChI is InChI=1S/C12H16O4.H4N2/c1-8(12(13)14)6-9-4-5-10(15-2)11(7-9)16-3;1-2/h4-5,7-8H,6H2,1-3H3,(H,13,14);1-2H2. The van der Waals surface area contributed by atoms with E-state index in [0.29, 0.717) is 17.9 Å². The second-order valence-corrected chi connectivity index (χ2v) is 3.63. The number of rotatable bonds is 5. The number of carboxylic acids is 1. The van der Waals surface area contributed by atoms with Gasteiger partial charge >= 0.3 is 5.97 Å². The third-order valence-electron chi connectivity index (χ3n) is 2.41. The Balaban J connectivity index is 0.00000137. The molecule has 18 heavy (non-hydrogen) atoms. The zero-order valence-electron chi connectivity index (χ0n) is 10.8. The number of carboxylic acid groups (broad SMARTS) is 1. The van der Waals surface area contributed by atoms with E-state index in [9.17, 15) is 4.79 Å². The first kappa shape index (κ1) is 16.2. The summed E-state index contributed by atoms with van der Waals surface area (Å²) in [7, 11) is 3.12. The zero-order valence-corrected chi connectivity index (χ0v) is 10.8. The van der Waals surface area contributed by atoms with E-state index in [4.69, 9.17) is 14.6 Å². The van der Waals surface area contributed by atoms with Crippen LogP contribution in [0.1, 0.15) is 12.5 Å². The van der Waals surface area contributed by atoms with Crippen molar-refractivity contribution in [2.45, 2.75) is 13.3 Å². The highest BCUT2D eigenvalue weighted by atomic mass is 16.5. The van der Waals surface area contributed by atoms with Crippen molar-refractivity contribution in [3.05, 3.63) is 23.8 Å². The number of hydrogen-bond donors (Lipinski definition) is 3. The Kier molecular flexibility index (Phi) is 7.50. The molecule has 1 rings (SSSR count). The SMILES string of the molecule is COc1ccc(CC(C)C(=O)O)cc1OC.NN. The molecule has 6 heteroatoms. The van der Waals surface area contributed by atoms with Gasteiger partial charge in [0.1, 0.15) is 0 Å². The number of carbonyl (C=O) groups is 1. The third-order valence-corrected chi connectivity index (χ3v) is 2.41. The number of nitrogens with two attached hydrogens (primary N) is 2. The molecule has 5 N–H and O–H groups in total. The molecule has 6 nitrogen and oxygen atoms in total. The topological polar surface area (TPSA) is 108 Å². The van der Waals surface area contributed by atoms with Crippen LogP contribution in [0.2, 0.25) is 0 Å². The lowest BCUT2D eigenvalue weighted by Gasteiger charge is -2.11. The quantitative estimate of drug-likeness (QED) is 0.531. The van der Waals surface area contributed by atoms with Crippen LogP contribution in [-0.4, -0.2) is 25.3 Å². The lowest BCUT2D eigenvalue weighted by atomic mass is 10.0. The number of benzene rings is 1. The van der Waals surface area contributed by atoms with E-state index in [1.165, 1.54) is 0 Å². The van der Waals surface area contributed by atoms with Gasteiger partial charge in [-0.25, -0.2) is 0 Å². The Morgan fingerprint density at radius 2 is 1.83 bits per heavy atom. The maximum Gasteiger partial charge on any atom is 0.306 e. The van der Waals surface area contributed by atoms with Crippen molar-refractivity contribution in [1.29, 1.82) is 0 Å². The minimum Gasteiger partial charge on any atom is -0.493 e.